The molecule has 0 bridgehead atoms. The smallest absolute Gasteiger partial charge is 0.336 e. The van der Waals surface area contributed by atoms with Crippen molar-refractivity contribution in [1.29, 1.82) is 0 Å². The summed E-state index contributed by atoms with van der Waals surface area (Å²) in [6.45, 7) is 2.12. The minimum absolute atomic E-state index is 0.156. The lowest BCUT2D eigenvalue weighted by atomic mass is 10.0. The molecule has 0 saturated carbocycles. The molecule has 0 aromatic carbocycles. The van der Waals surface area contributed by atoms with Gasteiger partial charge in [0.25, 0.3) is 0 Å². The molecule has 15 heavy (non-hydrogen) atoms. The molecule has 1 aliphatic rings. The average Bonchev–Trinajstić information content (AvgIpc) is 2.29. The van der Waals surface area contributed by atoms with Gasteiger partial charge in [-0.2, -0.15) is 0 Å². The zero-order valence-electron chi connectivity index (χ0n) is 9.11. The molecule has 0 amide bonds. The molecule has 0 aromatic heterocycles. The van der Waals surface area contributed by atoms with Crippen molar-refractivity contribution in [3.05, 3.63) is 0 Å². The number of esters is 1. The van der Waals surface area contributed by atoms with E-state index in [1.165, 1.54) is 7.11 Å². The number of carbonyl (C=O) groups excluding carboxylic acids is 1. The van der Waals surface area contributed by atoms with Gasteiger partial charge in [-0.05, 0) is 18.8 Å². The largest absolute Gasteiger partial charge is 0.463 e. The summed E-state index contributed by atoms with van der Waals surface area (Å²) >= 11 is 0. The molecule has 0 radical (unpaired) electrons. The topological polar surface area (TPSA) is 70.8 Å². The Bertz CT molecular complexity index is 188. The Morgan fingerprint density at radius 1 is 1.53 bits per heavy atom. The van der Waals surface area contributed by atoms with Crippen molar-refractivity contribution in [2.24, 2.45) is 11.7 Å². The monoisotopic (exact) mass is 217 g/mol. The Morgan fingerprint density at radius 2 is 2.20 bits per heavy atom. The lowest BCUT2D eigenvalue weighted by molar-refractivity contribution is -0.157. The second-order valence-electron chi connectivity index (χ2n) is 3.65. The summed E-state index contributed by atoms with van der Waals surface area (Å²) in [5.74, 6) is 0.0458. The molecule has 1 heterocycles. The van der Waals surface area contributed by atoms with E-state index >= 15 is 0 Å². The molecule has 0 spiro atoms. The summed E-state index contributed by atoms with van der Waals surface area (Å²) in [7, 11) is 1.45. The van der Waals surface area contributed by atoms with Gasteiger partial charge in [0.2, 0.25) is 0 Å². The van der Waals surface area contributed by atoms with Gasteiger partial charge in [0.15, 0.2) is 6.10 Å². The van der Waals surface area contributed by atoms with E-state index in [1.54, 1.807) is 0 Å². The van der Waals surface area contributed by atoms with Gasteiger partial charge in [0.05, 0.1) is 6.61 Å². The fourth-order valence-electron chi connectivity index (χ4n) is 1.49. The Kier molecular flexibility index (Phi) is 5.60. The van der Waals surface area contributed by atoms with Gasteiger partial charge < -0.3 is 19.9 Å². The fraction of sp³-hybridized carbons (Fsp3) is 0.900. The number of carbonyl (C=O) groups is 1. The summed E-state index contributed by atoms with van der Waals surface area (Å²) in [6.07, 6.45) is 1.27. The van der Waals surface area contributed by atoms with E-state index in [9.17, 15) is 4.79 Å². The molecule has 1 fully saturated rings. The van der Waals surface area contributed by atoms with Crippen LogP contribution in [0, 0.1) is 5.92 Å². The van der Waals surface area contributed by atoms with E-state index in [2.05, 4.69) is 0 Å². The van der Waals surface area contributed by atoms with Gasteiger partial charge >= 0.3 is 5.97 Å². The summed E-state index contributed by atoms with van der Waals surface area (Å²) in [5.41, 5.74) is 5.35. The quantitative estimate of drug-likeness (QED) is 0.653. The molecule has 2 N–H and O–H groups in total. The third-order valence-electron chi connectivity index (χ3n) is 2.56. The highest BCUT2D eigenvalue weighted by Gasteiger charge is 2.20. The molecular formula is C10H19NO4. The second-order valence-corrected chi connectivity index (χ2v) is 3.65. The molecule has 1 rings (SSSR count). The first-order valence-corrected chi connectivity index (χ1v) is 5.25. The Labute approximate surface area is 89.9 Å². The van der Waals surface area contributed by atoms with Crippen LogP contribution in [0.1, 0.15) is 12.8 Å². The maximum absolute atomic E-state index is 11.4. The van der Waals surface area contributed by atoms with E-state index in [-0.39, 0.29) is 12.5 Å². The average molecular weight is 217 g/mol. The lowest BCUT2D eigenvalue weighted by Gasteiger charge is -2.22. The molecule has 88 valence electrons. The van der Waals surface area contributed by atoms with Gasteiger partial charge in [-0.3, -0.25) is 0 Å². The maximum atomic E-state index is 11.4. The number of nitrogens with two attached hydrogens (primary N) is 1. The summed E-state index contributed by atoms with van der Waals surface area (Å²) in [6, 6.07) is 0. The molecule has 1 atom stereocenters. The number of rotatable bonds is 5. The fourth-order valence-corrected chi connectivity index (χ4v) is 1.49. The third-order valence-corrected chi connectivity index (χ3v) is 2.56. The van der Waals surface area contributed by atoms with Crippen molar-refractivity contribution < 1.29 is 19.0 Å². The van der Waals surface area contributed by atoms with Crippen LogP contribution in [0.2, 0.25) is 0 Å². The van der Waals surface area contributed by atoms with Gasteiger partial charge in [-0.25, -0.2) is 4.79 Å². The molecule has 0 aliphatic carbocycles. The van der Waals surface area contributed by atoms with Crippen LogP contribution in [-0.2, 0) is 19.0 Å². The van der Waals surface area contributed by atoms with Crippen LogP contribution in [0.15, 0.2) is 0 Å². The van der Waals surface area contributed by atoms with Crippen LogP contribution in [-0.4, -0.2) is 45.5 Å². The highest BCUT2D eigenvalue weighted by atomic mass is 16.6. The van der Waals surface area contributed by atoms with Crippen LogP contribution in [0.25, 0.3) is 0 Å². The number of methoxy groups -OCH3 is 1. The van der Waals surface area contributed by atoms with Crippen LogP contribution in [0.3, 0.4) is 0 Å². The van der Waals surface area contributed by atoms with Crippen LogP contribution in [0.5, 0.6) is 0 Å². The van der Waals surface area contributed by atoms with Crippen molar-refractivity contribution in [3.8, 4) is 0 Å². The molecule has 0 aromatic rings. The third kappa shape index (κ3) is 4.15. The van der Waals surface area contributed by atoms with Crippen molar-refractivity contribution in [3.63, 3.8) is 0 Å². The summed E-state index contributed by atoms with van der Waals surface area (Å²) < 4.78 is 15.2. The Balaban J connectivity index is 2.20. The van der Waals surface area contributed by atoms with Crippen LogP contribution < -0.4 is 5.73 Å². The van der Waals surface area contributed by atoms with Crippen molar-refractivity contribution in [2.45, 2.75) is 18.9 Å². The second kappa shape index (κ2) is 6.76. The zero-order valence-corrected chi connectivity index (χ0v) is 9.11. The zero-order chi connectivity index (χ0) is 11.1. The highest BCUT2D eigenvalue weighted by molar-refractivity contribution is 5.74. The predicted molar refractivity (Wildman–Crippen MR) is 54.4 cm³/mol. The maximum Gasteiger partial charge on any atom is 0.336 e. The van der Waals surface area contributed by atoms with Gasteiger partial charge in [0, 0.05) is 26.9 Å². The SMILES string of the molecule is COC(CN)C(=O)OCC1CCOCC1. The number of hydrogen-bond donors (Lipinski definition) is 1. The molecule has 1 unspecified atom stereocenters. The molecule has 1 saturated heterocycles. The first kappa shape index (κ1) is 12.4. The van der Waals surface area contributed by atoms with E-state index < -0.39 is 6.10 Å². The minimum atomic E-state index is -0.634. The van der Waals surface area contributed by atoms with Crippen molar-refractivity contribution >= 4 is 5.97 Å². The minimum Gasteiger partial charge on any atom is -0.463 e. The number of hydrogen-bond acceptors (Lipinski definition) is 5. The molecule has 5 nitrogen and oxygen atoms in total. The number of ether oxygens (including phenoxy) is 3. The molecule has 5 heteroatoms. The van der Waals surface area contributed by atoms with Crippen LogP contribution in [0.4, 0.5) is 0 Å². The first-order chi connectivity index (χ1) is 7.27. The van der Waals surface area contributed by atoms with E-state index in [4.69, 9.17) is 19.9 Å². The van der Waals surface area contributed by atoms with E-state index in [1.807, 2.05) is 0 Å². The molecule has 1 aliphatic heterocycles. The standard InChI is InChI=1S/C10H19NO4/c1-13-9(6-11)10(12)15-7-8-2-4-14-5-3-8/h8-9H,2-7,11H2,1H3. The van der Waals surface area contributed by atoms with E-state index in [0.717, 1.165) is 26.1 Å². The lowest BCUT2D eigenvalue weighted by Crippen LogP contribution is -2.34. The van der Waals surface area contributed by atoms with E-state index in [0.29, 0.717) is 12.5 Å². The van der Waals surface area contributed by atoms with Gasteiger partial charge in [0.1, 0.15) is 0 Å². The summed E-state index contributed by atoms with van der Waals surface area (Å²) in [4.78, 5) is 11.4. The van der Waals surface area contributed by atoms with Crippen molar-refractivity contribution in [1.82, 2.24) is 0 Å². The first-order valence-electron chi connectivity index (χ1n) is 5.25. The normalized spacial score (nSPS) is 19.9. The van der Waals surface area contributed by atoms with Gasteiger partial charge in [-0.1, -0.05) is 0 Å². The molecular weight excluding hydrogens is 198 g/mol. The van der Waals surface area contributed by atoms with Gasteiger partial charge in [-0.15, -0.1) is 0 Å². The Hall–Kier alpha value is -0.650. The predicted octanol–water partition coefficient (Wildman–Crippen LogP) is -0.0701. The van der Waals surface area contributed by atoms with Crippen molar-refractivity contribution in [2.75, 3.05) is 33.5 Å². The summed E-state index contributed by atoms with van der Waals surface area (Å²) in [5, 5.41) is 0. The Morgan fingerprint density at radius 3 is 2.73 bits per heavy atom. The highest BCUT2D eigenvalue weighted by Crippen LogP contribution is 2.14. The van der Waals surface area contributed by atoms with Crippen LogP contribution >= 0.6 is 0 Å².